The van der Waals surface area contributed by atoms with Crippen molar-refractivity contribution < 1.29 is 4.79 Å². The molecule has 1 amide bonds. The molecule has 1 saturated carbocycles. The lowest BCUT2D eigenvalue weighted by Gasteiger charge is -2.30. The van der Waals surface area contributed by atoms with Crippen LogP contribution in [0.1, 0.15) is 66.2 Å². The molecule has 1 rings (SSSR count). The summed E-state index contributed by atoms with van der Waals surface area (Å²) in [5.74, 6) is 1.02. The highest BCUT2D eigenvalue weighted by Gasteiger charge is 2.26. The zero-order valence-corrected chi connectivity index (χ0v) is 13.2. The Morgan fingerprint density at radius 1 is 1.21 bits per heavy atom. The molecule has 1 fully saturated rings. The largest absolute Gasteiger partial charge is 0.340 e. The molecule has 0 aromatic heterocycles. The maximum atomic E-state index is 12.4. The van der Waals surface area contributed by atoms with Crippen LogP contribution in [-0.2, 0) is 4.79 Å². The number of carbonyl (C=O) groups is 1. The summed E-state index contributed by atoms with van der Waals surface area (Å²) in [6.07, 6.45) is 6.77. The van der Waals surface area contributed by atoms with Gasteiger partial charge in [-0.25, -0.2) is 0 Å². The second-order valence-electron chi connectivity index (χ2n) is 6.57. The van der Waals surface area contributed by atoms with E-state index in [1.54, 1.807) is 0 Å². The third-order valence-corrected chi connectivity index (χ3v) is 3.92. The molecule has 3 heteroatoms. The minimum atomic E-state index is 0.348. The molecule has 0 saturated heterocycles. The number of nitrogens with zero attached hydrogens (tertiary/aromatic N) is 1. The van der Waals surface area contributed by atoms with Gasteiger partial charge in [0, 0.05) is 31.6 Å². The van der Waals surface area contributed by atoms with Gasteiger partial charge in [0.05, 0.1) is 0 Å². The first-order valence-electron chi connectivity index (χ1n) is 8.03. The van der Waals surface area contributed by atoms with Gasteiger partial charge >= 0.3 is 0 Å². The van der Waals surface area contributed by atoms with Crippen molar-refractivity contribution in [3.8, 4) is 0 Å². The van der Waals surface area contributed by atoms with Crippen molar-refractivity contribution in [1.29, 1.82) is 0 Å². The second-order valence-corrected chi connectivity index (χ2v) is 6.57. The van der Waals surface area contributed by atoms with Gasteiger partial charge in [-0.3, -0.25) is 4.79 Å². The molecular formula is C16H32N2O. The Hall–Kier alpha value is -0.570. The van der Waals surface area contributed by atoms with Crippen molar-refractivity contribution in [1.82, 2.24) is 10.2 Å². The third-order valence-electron chi connectivity index (χ3n) is 3.92. The van der Waals surface area contributed by atoms with E-state index in [1.165, 1.54) is 25.7 Å². The number of amides is 1. The SMILES string of the molecule is CC(C)CCN(C(=O)CCNC(C)C)C1CCCC1. The van der Waals surface area contributed by atoms with Crippen LogP contribution in [0.4, 0.5) is 0 Å². The van der Waals surface area contributed by atoms with Crippen molar-refractivity contribution in [2.45, 2.75) is 78.3 Å². The Labute approximate surface area is 119 Å². The van der Waals surface area contributed by atoms with Gasteiger partial charge in [0.25, 0.3) is 0 Å². The third kappa shape index (κ3) is 6.42. The second kappa shape index (κ2) is 8.57. The van der Waals surface area contributed by atoms with E-state index in [4.69, 9.17) is 0 Å². The van der Waals surface area contributed by atoms with Crippen LogP contribution in [0.25, 0.3) is 0 Å². The van der Waals surface area contributed by atoms with Gasteiger partial charge in [0.2, 0.25) is 5.91 Å². The average Bonchev–Trinajstić information content (AvgIpc) is 2.82. The summed E-state index contributed by atoms with van der Waals surface area (Å²) in [4.78, 5) is 14.6. The zero-order chi connectivity index (χ0) is 14.3. The molecule has 0 spiro atoms. The molecular weight excluding hydrogens is 236 g/mol. The summed E-state index contributed by atoms with van der Waals surface area (Å²) in [6.45, 7) is 10.5. The first kappa shape index (κ1) is 16.5. The van der Waals surface area contributed by atoms with Crippen molar-refractivity contribution in [3.05, 3.63) is 0 Å². The minimum Gasteiger partial charge on any atom is -0.340 e. The molecule has 19 heavy (non-hydrogen) atoms. The summed E-state index contributed by atoms with van der Waals surface area (Å²) < 4.78 is 0. The van der Waals surface area contributed by atoms with Crippen molar-refractivity contribution in [2.24, 2.45) is 5.92 Å². The lowest BCUT2D eigenvalue weighted by atomic mass is 10.1. The van der Waals surface area contributed by atoms with Crippen LogP contribution >= 0.6 is 0 Å². The van der Waals surface area contributed by atoms with E-state index in [1.807, 2.05) is 0 Å². The lowest BCUT2D eigenvalue weighted by Crippen LogP contribution is -2.41. The predicted octanol–water partition coefficient (Wildman–Crippen LogP) is 3.19. The Bertz CT molecular complexity index is 257. The fourth-order valence-electron chi connectivity index (χ4n) is 2.74. The molecule has 0 bridgehead atoms. The number of nitrogens with one attached hydrogen (secondary N) is 1. The van der Waals surface area contributed by atoms with E-state index in [0.29, 0.717) is 30.3 Å². The Morgan fingerprint density at radius 3 is 2.37 bits per heavy atom. The number of hydrogen-bond donors (Lipinski definition) is 1. The van der Waals surface area contributed by atoms with E-state index < -0.39 is 0 Å². The summed E-state index contributed by atoms with van der Waals surface area (Å²) in [5.41, 5.74) is 0. The molecule has 0 aliphatic heterocycles. The van der Waals surface area contributed by atoms with Crippen LogP contribution < -0.4 is 5.32 Å². The smallest absolute Gasteiger partial charge is 0.224 e. The van der Waals surface area contributed by atoms with Crippen LogP contribution in [0.2, 0.25) is 0 Å². The summed E-state index contributed by atoms with van der Waals surface area (Å²) in [5, 5.41) is 3.34. The highest BCUT2D eigenvalue weighted by molar-refractivity contribution is 5.76. The fraction of sp³-hybridized carbons (Fsp3) is 0.938. The molecule has 0 unspecified atom stereocenters. The van der Waals surface area contributed by atoms with Crippen LogP contribution in [0.5, 0.6) is 0 Å². The van der Waals surface area contributed by atoms with Crippen molar-refractivity contribution in [2.75, 3.05) is 13.1 Å². The van der Waals surface area contributed by atoms with Gasteiger partial charge in [-0.15, -0.1) is 0 Å². The van der Waals surface area contributed by atoms with Gasteiger partial charge in [-0.05, 0) is 25.2 Å². The Kier molecular flexibility index (Phi) is 7.44. The number of carbonyl (C=O) groups excluding carboxylic acids is 1. The van der Waals surface area contributed by atoms with E-state index in [0.717, 1.165) is 19.5 Å². The molecule has 3 nitrogen and oxygen atoms in total. The minimum absolute atomic E-state index is 0.348. The van der Waals surface area contributed by atoms with E-state index in [9.17, 15) is 4.79 Å². The Balaban J connectivity index is 2.43. The maximum Gasteiger partial charge on any atom is 0.224 e. The van der Waals surface area contributed by atoms with Crippen LogP contribution in [0.15, 0.2) is 0 Å². The quantitative estimate of drug-likeness (QED) is 0.733. The topological polar surface area (TPSA) is 32.3 Å². The number of rotatable bonds is 8. The highest BCUT2D eigenvalue weighted by Crippen LogP contribution is 2.24. The van der Waals surface area contributed by atoms with Crippen LogP contribution in [0, 0.1) is 5.92 Å². The van der Waals surface area contributed by atoms with Gasteiger partial charge in [0.15, 0.2) is 0 Å². The van der Waals surface area contributed by atoms with Crippen LogP contribution in [-0.4, -0.2) is 36.0 Å². The zero-order valence-electron chi connectivity index (χ0n) is 13.2. The van der Waals surface area contributed by atoms with Gasteiger partial charge in [0.1, 0.15) is 0 Å². The molecule has 112 valence electrons. The molecule has 1 N–H and O–H groups in total. The van der Waals surface area contributed by atoms with Gasteiger partial charge in [-0.2, -0.15) is 0 Å². The average molecular weight is 268 g/mol. The van der Waals surface area contributed by atoms with Gasteiger partial charge < -0.3 is 10.2 Å². The van der Waals surface area contributed by atoms with E-state index >= 15 is 0 Å². The van der Waals surface area contributed by atoms with E-state index in [2.05, 4.69) is 37.9 Å². The predicted molar refractivity (Wildman–Crippen MR) is 81.2 cm³/mol. The summed E-state index contributed by atoms with van der Waals surface area (Å²) in [7, 11) is 0. The molecule has 1 aliphatic rings. The first-order chi connectivity index (χ1) is 9.00. The molecule has 0 aromatic rings. The Morgan fingerprint density at radius 2 is 1.84 bits per heavy atom. The maximum absolute atomic E-state index is 12.4. The van der Waals surface area contributed by atoms with Crippen LogP contribution in [0.3, 0.4) is 0 Å². The normalized spacial score (nSPS) is 16.5. The monoisotopic (exact) mass is 268 g/mol. The molecule has 0 aromatic carbocycles. The molecule has 0 heterocycles. The van der Waals surface area contributed by atoms with E-state index in [-0.39, 0.29) is 0 Å². The highest BCUT2D eigenvalue weighted by atomic mass is 16.2. The lowest BCUT2D eigenvalue weighted by molar-refractivity contribution is -0.133. The molecule has 0 radical (unpaired) electrons. The summed E-state index contributed by atoms with van der Waals surface area (Å²) >= 11 is 0. The number of hydrogen-bond acceptors (Lipinski definition) is 2. The molecule has 0 atom stereocenters. The standard InChI is InChI=1S/C16H32N2O/c1-13(2)10-12-18(15-7-5-6-8-15)16(19)9-11-17-14(3)4/h13-15,17H,5-12H2,1-4H3. The molecule has 1 aliphatic carbocycles. The van der Waals surface area contributed by atoms with Crippen molar-refractivity contribution in [3.63, 3.8) is 0 Å². The summed E-state index contributed by atoms with van der Waals surface area (Å²) in [6, 6.07) is 0.980. The first-order valence-corrected chi connectivity index (χ1v) is 8.03. The fourth-order valence-corrected chi connectivity index (χ4v) is 2.74. The van der Waals surface area contributed by atoms with Crippen molar-refractivity contribution >= 4 is 5.91 Å². The van der Waals surface area contributed by atoms with Gasteiger partial charge in [-0.1, -0.05) is 40.5 Å².